The first-order chi connectivity index (χ1) is 6.88. The molecular weight excluding hydrogens is 196 g/mol. The highest BCUT2D eigenvalue weighted by Crippen LogP contribution is 2.27. The van der Waals surface area contributed by atoms with E-state index in [4.69, 9.17) is 10.6 Å². The molecule has 0 aromatic heterocycles. The van der Waals surface area contributed by atoms with Crippen molar-refractivity contribution in [2.75, 3.05) is 19.0 Å². The van der Waals surface area contributed by atoms with Crippen molar-refractivity contribution in [1.29, 1.82) is 0 Å². The Balaban J connectivity index is 2.21. The van der Waals surface area contributed by atoms with E-state index < -0.39 is 0 Å². The van der Waals surface area contributed by atoms with Gasteiger partial charge in [-0.05, 0) is 25.0 Å². The molecule has 2 unspecified atom stereocenters. The van der Waals surface area contributed by atoms with Crippen molar-refractivity contribution < 1.29 is 4.74 Å². The Kier molecular flexibility index (Phi) is 6.60. The molecule has 0 radical (unpaired) electrons. The predicted octanol–water partition coefficient (Wildman–Crippen LogP) is 1.53. The number of hydrogen-bond donors (Lipinski definition) is 2. The molecule has 14 heavy (non-hydrogen) atoms. The maximum atomic E-state index is 5.54. The van der Waals surface area contributed by atoms with E-state index in [2.05, 4.69) is 12.3 Å². The zero-order valence-electron chi connectivity index (χ0n) is 9.00. The second-order valence-electron chi connectivity index (χ2n) is 3.75. The fourth-order valence-electron chi connectivity index (χ4n) is 1.70. The number of nitrogens with one attached hydrogen (secondary N) is 1. The van der Waals surface area contributed by atoms with Crippen LogP contribution in [0.4, 0.5) is 0 Å². The van der Waals surface area contributed by atoms with Gasteiger partial charge in [0.25, 0.3) is 0 Å². The van der Waals surface area contributed by atoms with Crippen LogP contribution in [0.5, 0.6) is 0 Å². The van der Waals surface area contributed by atoms with Gasteiger partial charge in [-0.3, -0.25) is 11.3 Å². The van der Waals surface area contributed by atoms with Gasteiger partial charge in [0.2, 0.25) is 0 Å². The number of hydrogen-bond acceptors (Lipinski definition) is 4. The molecule has 1 rings (SSSR count). The first-order valence-corrected chi connectivity index (χ1v) is 6.58. The van der Waals surface area contributed by atoms with Crippen molar-refractivity contribution in [2.45, 2.75) is 43.9 Å². The van der Waals surface area contributed by atoms with Crippen molar-refractivity contribution in [3.8, 4) is 0 Å². The molecule has 1 saturated heterocycles. The Morgan fingerprint density at radius 1 is 1.57 bits per heavy atom. The van der Waals surface area contributed by atoms with E-state index in [9.17, 15) is 0 Å². The molecule has 0 spiro atoms. The summed E-state index contributed by atoms with van der Waals surface area (Å²) in [7, 11) is 0. The van der Waals surface area contributed by atoms with Crippen LogP contribution in [0, 0.1) is 0 Å². The van der Waals surface area contributed by atoms with Crippen LogP contribution in [0.25, 0.3) is 0 Å². The van der Waals surface area contributed by atoms with Crippen LogP contribution in [-0.4, -0.2) is 30.3 Å². The third-order valence-electron chi connectivity index (χ3n) is 2.52. The van der Waals surface area contributed by atoms with Crippen LogP contribution >= 0.6 is 11.8 Å². The van der Waals surface area contributed by atoms with E-state index in [1.807, 2.05) is 11.8 Å². The molecule has 0 amide bonds. The summed E-state index contributed by atoms with van der Waals surface area (Å²) in [6.07, 6.45) is 5.04. The first kappa shape index (κ1) is 12.3. The average Bonchev–Trinajstić information content (AvgIpc) is 2.26. The maximum absolute atomic E-state index is 5.54. The molecule has 0 bridgehead atoms. The topological polar surface area (TPSA) is 47.3 Å². The van der Waals surface area contributed by atoms with Gasteiger partial charge in [-0.25, -0.2) is 0 Å². The van der Waals surface area contributed by atoms with Crippen molar-refractivity contribution >= 4 is 11.8 Å². The summed E-state index contributed by atoms with van der Waals surface area (Å²) in [5.74, 6) is 6.82. The van der Waals surface area contributed by atoms with E-state index in [1.54, 1.807) is 0 Å². The second kappa shape index (κ2) is 7.51. The molecule has 0 aliphatic carbocycles. The summed E-state index contributed by atoms with van der Waals surface area (Å²) in [5.41, 5.74) is 2.88. The number of thioether (sulfide) groups is 1. The highest BCUT2D eigenvalue weighted by atomic mass is 32.2. The molecule has 0 aromatic rings. The molecule has 1 aliphatic rings. The lowest BCUT2D eigenvalue weighted by molar-refractivity contribution is 0.110. The van der Waals surface area contributed by atoms with Gasteiger partial charge in [0, 0.05) is 11.9 Å². The molecule has 1 fully saturated rings. The quantitative estimate of drug-likeness (QED) is 0.403. The Morgan fingerprint density at radius 3 is 3.00 bits per heavy atom. The van der Waals surface area contributed by atoms with Crippen molar-refractivity contribution in [3.63, 3.8) is 0 Å². The van der Waals surface area contributed by atoms with Crippen molar-refractivity contribution in [1.82, 2.24) is 5.43 Å². The van der Waals surface area contributed by atoms with Gasteiger partial charge in [0.15, 0.2) is 0 Å². The Labute approximate surface area is 91.1 Å². The molecule has 3 N–H and O–H groups in total. The third kappa shape index (κ3) is 4.17. The second-order valence-corrected chi connectivity index (χ2v) is 5.10. The van der Waals surface area contributed by atoms with Gasteiger partial charge in [-0.15, -0.1) is 0 Å². The summed E-state index contributed by atoms with van der Waals surface area (Å²) in [4.78, 5) is 0. The average molecular weight is 218 g/mol. The highest BCUT2D eigenvalue weighted by molar-refractivity contribution is 8.00. The smallest absolute Gasteiger partial charge is 0.0643 e. The monoisotopic (exact) mass is 218 g/mol. The zero-order valence-corrected chi connectivity index (χ0v) is 9.81. The zero-order chi connectivity index (χ0) is 10.2. The predicted molar refractivity (Wildman–Crippen MR) is 62.3 cm³/mol. The standard InChI is InChI=1S/C10H22N2OS/c1-2-6-13-8-9(12-11)10-5-3-4-7-14-10/h9-10,12H,2-8,11H2,1H3. The van der Waals surface area contributed by atoms with Crippen LogP contribution in [-0.2, 0) is 4.74 Å². The minimum Gasteiger partial charge on any atom is -0.380 e. The molecule has 0 aromatic carbocycles. The van der Waals surface area contributed by atoms with Crippen LogP contribution in [0.1, 0.15) is 32.6 Å². The molecule has 2 atom stereocenters. The molecule has 3 nitrogen and oxygen atoms in total. The summed E-state index contributed by atoms with van der Waals surface area (Å²) in [6, 6.07) is 0.326. The molecule has 1 aliphatic heterocycles. The number of ether oxygens (including phenoxy) is 1. The lowest BCUT2D eigenvalue weighted by atomic mass is 10.1. The Bertz CT molecular complexity index is 140. The van der Waals surface area contributed by atoms with Crippen molar-refractivity contribution in [3.05, 3.63) is 0 Å². The lowest BCUT2D eigenvalue weighted by Gasteiger charge is -2.29. The van der Waals surface area contributed by atoms with Crippen molar-refractivity contribution in [2.24, 2.45) is 5.84 Å². The van der Waals surface area contributed by atoms with Crippen LogP contribution in [0.15, 0.2) is 0 Å². The molecular formula is C10H22N2OS. The Morgan fingerprint density at radius 2 is 2.43 bits per heavy atom. The van der Waals surface area contributed by atoms with E-state index >= 15 is 0 Å². The van der Waals surface area contributed by atoms with Crippen LogP contribution < -0.4 is 11.3 Å². The van der Waals surface area contributed by atoms with Gasteiger partial charge in [-0.2, -0.15) is 11.8 Å². The maximum Gasteiger partial charge on any atom is 0.0643 e. The lowest BCUT2D eigenvalue weighted by Crippen LogP contribution is -2.46. The van der Waals surface area contributed by atoms with Gasteiger partial charge >= 0.3 is 0 Å². The fraction of sp³-hybridized carbons (Fsp3) is 1.00. The van der Waals surface area contributed by atoms with E-state index in [0.717, 1.165) is 19.6 Å². The van der Waals surface area contributed by atoms with Gasteiger partial charge in [-0.1, -0.05) is 13.3 Å². The number of rotatable bonds is 6. The number of nitrogens with two attached hydrogens (primary N) is 1. The molecule has 0 saturated carbocycles. The van der Waals surface area contributed by atoms with Crippen LogP contribution in [0.2, 0.25) is 0 Å². The molecule has 4 heteroatoms. The number of hydrazine groups is 1. The first-order valence-electron chi connectivity index (χ1n) is 5.54. The van der Waals surface area contributed by atoms with E-state index in [0.29, 0.717) is 11.3 Å². The Hall–Kier alpha value is 0.230. The molecule has 1 heterocycles. The minimum atomic E-state index is 0.326. The van der Waals surface area contributed by atoms with E-state index in [-0.39, 0.29) is 0 Å². The normalized spacial score (nSPS) is 24.9. The fourth-order valence-corrected chi connectivity index (χ4v) is 3.10. The van der Waals surface area contributed by atoms with Gasteiger partial charge < -0.3 is 4.74 Å². The molecule has 84 valence electrons. The minimum absolute atomic E-state index is 0.326. The summed E-state index contributed by atoms with van der Waals surface area (Å²) >= 11 is 2.03. The van der Waals surface area contributed by atoms with Gasteiger partial charge in [0.1, 0.15) is 0 Å². The van der Waals surface area contributed by atoms with Gasteiger partial charge in [0.05, 0.1) is 12.6 Å². The summed E-state index contributed by atoms with van der Waals surface area (Å²) in [5, 5.41) is 0.644. The van der Waals surface area contributed by atoms with Crippen LogP contribution in [0.3, 0.4) is 0 Å². The van der Waals surface area contributed by atoms with E-state index in [1.165, 1.54) is 25.0 Å². The highest BCUT2D eigenvalue weighted by Gasteiger charge is 2.23. The summed E-state index contributed by atoms with van der Waals surface area (Å²) < 4.78 is 5.53. The largest absolute Gasteiger partial charge is 0.380 e. The summed E-state index contributed by atoms with van der Waals surface area (Å²) in [6.45, 7) is 3.72. The SMILES string of the molecule is CCCOCC(NN)C1CCCCS1. The third-order valence-corrected chi connectivity index (χ3v) is 4.04.